The van der Waals surface area contributed by atoms with Crippen molar-refractivity contribution in [3.63, 3.8) is 0 Å². The summed E-state index contributed by atoms with van der Waals surface area (Å²) in [5, 5.41) is 7.90. The molecule has 4 aromatic rings. The normalized spacial score (nSPS) is 17.5. The molecule has 0 aliphatic heterocycles. The van der Waals surface area contributed by atoms with E-state index in [0.29, 0.717) is 24.5 Å². The van der Waals surface area contributed by atoms with Crippen molar-refractivity contribution in [2.45, 2.75) is 37.6 Å². The predicted molar refractivity (Wildman–Crippen MR) is 151 cm³/mol. The Kier molecular flexibility index (Phi) is 7.64. The number of fused-ring (bicyclic) bond motifs is 1. The van der Waals surface area contributed by atoms with Gasteiger partial charge in [-0.1, -0.05) is 72.8 Å². The van der Waals surface area contributed by atoms with Crippen molar-refractivity contribution in [2.75, 3.05) is 30.9 Å². The molecule has 6 heteroatoms. The Morgan fingerprint density at radius 2 is 1.43 bits per heavy atom. The van der Waals surface area contributed by atoms with Gasteiger partial charge in [-0.15, -0.1) is 0 Å². The number of carbonyl (C=O) groups excluding carboxylic acids is 1. The molecule has 0 atom stereocenters. The molecule has 2 N–H and O–H groups in total. The van der Waals surface area contributed by atoms with Crippen molar-refractivity contribution < 1.29 is 4.79 Å². The maximum Gasteiger partial charge on any atom is 0.232 e. The summed E-state index contributed by atoms with van der Waals surface area (Å²) in [4.78, 5) is 24.9. The van der Waals surface area contributed by atoms with Crippen LogP contribution in [-0.2, 0) is 4.79 Å². The van der Waals surface area contributed by atoms with Crippen LogP contribution in [0, 0.1) is 5.92 Å². The lowest BCUT2D eigenvalue weighted by Crippen LogP contribution is -2.36. The molecule has 3 aromatic carbocycles. The van der Waals surface area contributed by atoms with Crippen LogP contribution in [0.4, 0.5) is 11.8 Å². The smallest absolute Gasteiger partial charge is 0.232 e. The van der Waals surface area contributed by atoms with Gasteiger partial charge in [-0.05, 0) is 54.9 Å². The summed E-state index contributed by atoms with van der Waals surface area (Å²) in [6.07, 6.45) is 4.20. The summed E-state index contributed by atoms with van der Waals surface area (Å²) in [7, 11) is 4.02. The second-order valence-corrected chi connectivity index (χ2v) is 10.1. The maximum absolute atomic E-state index is 13.3. The van der Waals surface area contributed by atoms with E-state index in [9.17, 15) is 4.79 Å². The van der Waals surface area contributed by atoms with Crippen LogP contribution in [0.5, 0.6) is 0 Å². The molecule has 0 unspecified atom stereocenters. The largest absolute Gasteiger partial charge is 0.362 e. The zero-order chi connectivity index (χ0) is 25.6. The molecule has 1 heterocycles. The summed E-state index contributed by atoms with van der Waals surface area (Å²) < 4.78 is 0. The highest BCUT2D eigenvalue weighted by molar-refractivity contribution is 5.90. The van der Waals surface area contributed by atoms with Crippen LogP contribution in [0.1, 0.15) is 42.7 Å². The minimum atomic E-state index is -0.295. The average molecular weight is 494 g/mol. The Morgan fingerprint density at radius 1 is 0.838 bits per heavy atom. The number of benzene rings is 3. The highest BCUT2D eigenvalue weighted by Gasteiger charge is 2.26. The number of nitrogens with one attached hydrogen (secondary N) is 2. The van der Waals surface area contributed by atoms with Gasteiger partial charge in [0, 0.05) is 32.1 Å². The fraction of sp³-hybridized carbons (Fsp3) is 0.323. The Balaban J connectivity index is 1.18. The molecule has 5 rings (SSSR count). The van der Waals surface area contributed by atoms with Gasteiger partial charge in [0.15, 0.2) is 0 Å². The maximum atomic E-state index is 13.3. The van der Waals surface area contributed by atoms with E-state index < -0.39 is 0 Å². The third kappa shape index (κ3) is 5.91. The number of amides is 1. The standard InChI is InChI=1S/C31H35N5O/c1-36(2)29-26-15-9-10-16-27(26)34-31(35-29)33-25-19-17-22(18-20-25)21-32-30(37)28(23-11-5-3-6-12-23)24-13-7-4-8-14-24/h3-16,22,25,28H,17-21H2,1-2H3,(H,32,37)(H,33,34,35)/t22-,25+. The fourth-order valence-corrected chi connectivity index (χ4v) is 5.29. The highest BCUT2D eigenvalue weighted by Crippen LogP contribution is 2.29. The number of nitrogens with zero attached hydrogens (tertiary/aromatic N) is 3. The molecule has 1 aromatic heterocycles. The van der Waals surface area contributed by atoms with Crippen molar-refractivity contribution in [3.8, 4) is 0 Å². The van der Waals surface area contributed by atoms with Gasteiger partial charge in [-0.25, -0.2) is 4.98 Å². The molecule has 0 bridgehead atoms. The number of carbonyl (C=O) groups is 1. The lowest BCUT2D eigenvalue weighted by molar-refractivity contribution is -0.121. The Labute approximate surface area is 219 Å². The van der Waals surface area contributed by atoms with Crippen LogP contribution in [0.25, 0.3) is 10.9 Å². The zero-order valence-electron chi connectivity index (χ0n) is 21.6. The summed E-state index contributed by atoms with van der Waals surface area (Å²) in [6.45, 7) is 0.707. The molecule has 190 valence electrons. The number of aromatic nitrogens is 2. The Hall–Kier alpha value is -3.93. The topological polar surface area (TPSA) is 70.2 Å². The van der Waals surface area contributed by atoms with Gasteiger partial charge >= 0.3 is 0 Å². The first-order valence-electron chi connectivity index (χ1n) is 13.2. The third-order valence-electron chi connectivity index (χ3n) is 7.28. The van der Waals surface area contributed by atoms with Gasteiger partial charge in [-0.3, -0.25) is 4.79 Å². The minimum Gasteiger partial charge on any atom is -0.362 e. The molecule has 6 nitrogen and oxygen atoms in total. The Bertz CT molecular complexity index is 1280. The van der Waals surface area contributed by atoms with Crippen LogP contribution < -0.4 is 15.5 Å². The van der Waals surface area contributed by atoms with E-state index in [1.165, 1.54) is 0 Å². The first-order valence-corrected chi connectivity index (χ1v) is 13.2. The monoisotopic (exact) mass is 493 g/mol. The van der Waals surface area contributed by atoms with Gasteiger partial charge in [-0.2, -0.15) is 4.98 Å². The Morgan fingerprint density at radius 3 is 2.05 bits per heavy atom. The van der Waals surface area contributed by atoms with Gasteiger partial charge in [0.25, 0.3) is 0 Å². The quantitative estimate of drug-likeness (QED) is 0.334. The number of anilines is 2. The molecule has 37 heavy (non-hydrogen) atoms. The second-order valence-electron chi connectivity index (χ2n) is 10.1. The van der Waals surface area contributed by atoms with Gasteiger partial charge in [0.1, 0.15) is 5.82 Å². The van der Waals surface area contributed by atoms with Crippen LogP contribution >= 0.6 is 0 Å². The van der Waals surface area contributed by atoms with Crippen LogP contribution in [0.2, 0.25) is 0 Å². The first-order chi connectivity index (χ1) is 18.1. The number of hydrogen-bond acceptors (Lipinski definition) is 5. The zero-order valence-corrected chi connectivity index (χ0v) is 21.6. The van der Waals surface area contributed by atoms with Crippen LogP contribution in [-0.4, -0.2) is 42.6 Å². The molecule has 1 amide bonds. The first kappa shape index (κ1) is 24.8. The molecule has 0 radical (unpaired) electrons. The third-order valence-corrected chi connectivity index (χ3v) is 7.28. The molecule has 1 aliphatic rings. The molecule has 1 aliphatic carbocycles. The van der Waals surface area contributed by atoms with Crippen molar-refractivity contribution in [1.29, 1.82) is 0 Å². The van der Waals surface area contributed by atoms with Crippen molar-refractivity contribution in [1.82, 2.24) is 15.3 Å². The van der Waals surface area contributed by atoms with E-state index in [1.54, 1.807) is 0 Å². The van der Waals surface area contributed by atoms with Gasteiger partial charge < -0.3 is 15.5 Å². The molecular formula is C31H35N5O. The van der Waals surface area contributed by atoms with Crippen LogP contribution in [0.3, 0.4) is 0 Å². The van der Waals surface area contributed by atoms with E-state index in [2.05, 4.69) is 16.7 Å². The average Bonchev–Trinajstić information content (AvgIpc) is 2.93. The summed E-state index contributed by atoms with van der Waals surface area (Å²) in [6, 6.07) is 28.5. The van der Waals surface area contributed by atoms with E-state index >= 15 is 0 Å². The molecule has 1 fully saturated rings. The number of rotatable bonds is 8. The van der Waals surface area contributed by atoms with Crippen molar-refractivity contribution in [3.05, 3.63) is 96.1 Å². The molecule has 0 saturated heterocycles. The lowest BCUT2D eigenvalue weighted by Gasteiger charge is -2.30. The lowest BCUT2D eigenvalue weighted by atomic mass is 9.85. The molecule has 0 spiro atoms. The predicted octanol–water partition coefficient (Wildman–Crippen LogP) is 5.61. The second kappa shape index (κ2) is 11.4. The van der Waals surface area contributed by atoms with E-state index in [-0.39, 0.29) is 11.8 Å². The van der Waals surface area contributed by atoms with Crippen molar-refractivity contribution >= 4 is 28.6 Å². The SMILES string of the molecule is CN(C)c1nc(N[C@H]2CC[C@@H](CNC(=O)C(c3ccccc3)c3ccccc3)CC2)nc2ccccc12. The molecular weight excluding hydrogens is 458 g/mol. The van der Waals surface area contributed by atoms with E-state index in [0.717, 1.165) is 53.5 Å². The minimum absolute atomic E-state index is 0.0680. The highest BCUT2D eigenvalue weighted by atomic mass is 16.1. The van der Waals surface area contributed by atoms with Crippen molar-refractivity contribution in [2.24, 2.45) is 5.92 Å². The van der Waals surface area contributed by atoms with Gasteiger partial charge in [0.2, 0.25) is 11.9 Å². The van der Waals surface area contributed by atoms with Crippen LogP contribution in [0.15, 0.2) is 84.9 Å². The number of hydrogen-bond donors (Lipinski definition) is 2. The van der Waals surface area contributed by atoms with Gasteiger partial charge in [0.05, 0.1) is 11.4 Å². The molecule has 1 saturated carbocycles. The summed E-state index contributed by atoms with van der Waals surface area (Å²) in [5.74, 6) is 1.86. The van der Waals surface area contributed by atoms with E-state index in [1.807, 2.05) is 97.9 Å². The number of para-hydroxylation sites is 1. The van der Waals surface area contributed by atoms with E-state index in [4.69, 9.17) is 9.97 Å². The fourth-order valence-electron chi connectivity index (χ4n) is 5.29. The summed E-state index contributed by atoms with van der Waals surface area (Å²) in [5.41, 5.74) is 2.99. The summed E-state index contributed by atoms with van der Waals surface area (Å²) >= 11 is 0.